The van der Waals surface area contributed by atoms with E-state index in [1.807, 2.05) is 0 Å². The van der Waals surface area contributed by atoms with Crippen LogP contribution in [-0.2, 0) is 4.79 Å². The fourth-order valence-corrected chi connectivity index (χ4v) is 6.28. The number of hydrogen-bond acceptors (Lipinski definition) is 1. The lowest BCUT2D eigenvalue weighted by atomic mass is 9.48. The van der Waals surface area contributed by atoms with Crippen molar-refractivity contribution in [1.29, 1.82) is 0 Å². The molecule has 0 heterocycles. The summed E-state index contributed by atoms with van der Waals surface area (Å²) in [5, 5.41) is 0. The van der Waals surface area contributed by atoms with Gasteiger partial charge in [0.25, 0.3) is 0 Å². The summed E-state index contributed by atoms with van der Waals surface area (Å²) in [4.78, 5) is 12.5. The van der Waals surface area contributed by atoms with E-state index < -0.39 is 0 Å². The van der Waals surface area contributed by atoms with Gasteiger partial charge in [-0.15, -0.1) is 0 Å². The molecule has 0 N–H and O–H groups in total. The monoisotopic (exact) mass is 296 g/mol. The van der Waals surface area contributed by atoms with Gasteiger partial charge in [0.15, 0.2) is 0 Å². The van der Waals surface area contributed by atoms with Gasteiger partial charge in [0.2, 0.25) is 0 Å². The fraction of sp³-hybridized carbons (Fsp3) is 0.800. The van der Waals surface area contributed by atoms with Gasteiger partial charge in [-0.25, -0.2) is 0 Å². The van der Waals surface area contributed by atoms with Crippen molar-refractivity contribution in [3.63, 3.8) is 0 Å². The standard InChI is InChI=1S/C15H21BrO/c1-8-11-5-6-15(8)10(3)13(17)12(16)9(2)14(15,4)7-11/h9-12H,1,5-7H2,2-4H3/t9-,10-,11+,12+,14+,15+/m0/s1. The number of carbonyl (C=O) groups is 1. The molecule has 1 nitrogen and oxygen atoms in total. The van der Waals surface area contributed by atoms with E-state index in [0.29, 0.717) is 17.6 Å². The topological polar surface area (TPSA) is 17.1 Å². The molecule has 0 saturated heterocycles. The number of allylic oxidation sites excluding steroid dienone is 1. The van der Waals surface area contributed by atoms with E-state index in [-0.39, 0.29) is 21.6 Å². The molecule has 0 aromatic rings. The molecule has 0 amide bonds. The maximum atomic E-state index is 12.5. The summed E-state index contributed by atoms with van der Waals surface area (Å²) in [6, 6.07) is 0. The number of fused-ring (bicyclic) bond motifs is 1. The van der Waals surface area contributed by atoms with Crippen LogP contribution in [0.4, 0.5) is 0 Å². The molecule has 0 aromatic heterocycles. The second kappa shape index (κ2) is 3.26. The van der Waals surface area contributed by atoms with Crippen molar-refractivity contribution in [2.24, 2.45) is 28.6 Å². The molecule has 1 spiro atoms. The summed E-state index contributed by atoms with van der Waals surface area (Å²) < 4.78 is 0. The summed E-state index contributed by atoms with van der Waals surface area (Å²) in [5.74, 6) is 1.65. The Bertz CT molecular complexity index is 415. The van der Waals surface area contributed by atoms with Crippen LogP contribution in [0.3, 0.4) is 0 Å². The second-order valence-corrected chi connectivity index (χ2v) is 7.65. The molecular weight excluding hydrogens is 276 g/mol. The third-order valence-electron chi connectivity index (χ3n) is 6.52. The van der Waals surface area contributed by atoms with E-state index in [1.54, 1.807) is 0 Å². The van der Waals surface area contributed by atoms with Gasteiger partial charge in [-0.05, 0) is 36.5 Å². The third-order valence-corrected chi connectivity index (χ3v) is 7.77. The Morgan fingerprint density at radius 3 is 2.65 bits per heavy atom. The predicted molar refractivity (Wildman–Crippen MR) is 73.1 cm³/mol. The van der Waals surface area contributed by atoms with Gasteiger partial charge in [-0.1, -0.05) is 48.9 Å². The molecule has 0 radical (unpaired) electrons. The van der Waals surface area contributed by atoms with Crippen LogP contribution >= 0.6 is 15.9 Å². The Labute approximate surface area is 112 Å². The zero-order chi connectivity index (χ0) is 12.6. The molecule has 3 aliphatic carbocycles. The zero-order valence-electron chi connectivity index (χ0n) is 10.9. The number of alkyl halides is 1. The molecule has 2 heteroatoms. The number of ketones is 1. The highest BCUT2D eigenvalue weighted by Gasteiger charge is 2.70. The molecule has 0 unspecified atom stereocenters. The van der Waals surface area contributed by atoms with Crippen molar-refractivity contribution in [3.8, 4) is 0 Å². The van der Waals surface area contributed by atoms with Gasteiger partial charge in [0.1, 0.15) is 5.78 Å². The second-order valence-electron chi connectivity index (χ2n) is 6.67. The minimum Gasteiger partial charge on any atom is -0.298 e. The van der Waals surface area contributed by atoms with E-state index in [9.17, 15) is 4.79 Å². The molecule has 17 heavy (non-hydrogen) atoms. The average Bonchev–Trinajstić information content (AvgIpc) is 2.74. The first-order valence-corrected chi connectivity index (χ1v) is 7.65. The Kier molecular flexibility index (Phi) is 2.29. The Hall–Kier alpha value is -0.110. The molecule has 94 valence electrons. The van der Waals surface area contributed by atoms with Crippen molar-refractivity contribution in [2.45, 2.75) is 44.9 Å². The molecule has 2 bridgehead atoms. The quantitative estimate of drug-likeness (QED) is 0.488. The minimum atomic E-state index is 0.0419. The SMILES string of the molecule is C=C1[C@@H]2CC[C@]13[C@@H](C)C(=O)[C@H](Br)[C@H](C)[C@@]3(C)C2. The van der Waals surface area contributed by atoms with Crippen molar-refractivity contribution < 1.29 is 4.79 Å². The average molecular weight is 297 g/mol. The molecule has 6 atom stereocenters. The van der Waals surface area contributed by atoms with Crippen molar-refractivity contribution >= 4 is 21.7 Å². The van der Waals surface area contributed by atoms with Gasteiger partial charge >= 0.3 is 0 Å². The molecule has 3 aliphatic rings. The van der Waals surface area contributed by atoms with E-state index in [1.165, 1.54) is 24.8 Å². The number of Topliss-reactive ketones (excluding diaryl/α,β-unsaturated/α-hetero) is 1. The van der Waals surface area contributed by atoms with Gasteiger partial charge in [0, 0.05) is 11.3 Å². The van der Waals surface area contributed by atoms with Crippen LogP contribution < -0.4 is 0 Å². The van der Waals surface area contributed by atoms with Crippen LogP contribution in [0.1, 0.15) is 40.0 Å². The van der Waals surface area contributed by atoms with Gasteiger partial charge in [-0.2, -0.15) is 0 Å². The summed E-state index contributed by atoms with van der Waals surface area (Å²) in [6.07, 6.45) is 3.68. The highest BCUT2D eigenvalue weighted by Crippen LogP contribution is 2.74. The van der Waals surface area contributed by atoms with Crippen LogP contribution in [0, 0.1) is 28.6 Å². The van der Waals surface area contributed by atoms with Crippen LogP contribution in [0.5, 0.6) is 0 Å². The molecule has 0 aliphatic heterocycles. The van der Waals surface area contributed by atoms with Gasteiger partial charge < -0.3 is 0 Å². The summed E-state index contributed by atoms with van der Waals surface area (Å²) in [7, 11) is 0. The summed E-state index contributed by atoms with van der Waals surface area (Å²) in [6.45, 7) is 11.2. The van der Waals surface area contributed by atoms with E-state index in [0.717, 1.165) is 0 Å². The lowest BCUT2D eigenvalue weighted by molar-refractivity contribution is -0.140. The van der Waals surface area contributed by atoms with Crippen LogP contribution in [0.15, 0.2) is 12.2 Å². The summed E-state index contributed by atoms with van der Waals surface area (Å²) >= 11 is 3.64. The Morgan fingerprint density at radius 1 is 1.41 bits per heavy atom. The largest absolute Gasteiger partial charge is 0.298 e. The maximum Gasteiger partial charge on any atom is 0.150 e. The fourth-order valence-electron chi connectivity index (χ4n) is 5.30. The number of carbonyl (C=O) groups excluding carboxylic acids is 1. The van der Waals surface area contributed by atoms with Crippen molar-refractivity contribution in [3.05, 3.63) is 12.2 Å². The van der Waals surface area contributed by atoms with Gasteiger partial charge in [0.05, 0.1) is 4.83 Å². The number of rotatable bonds is 0. The Morgan fingerprint density at radius 2 is 2.06 bits per heavy atom. The number of halogens is 1. The molecular formula is C15H21BrO. The highest BCUT2D eigenvalue weighted by atomic mass is 79.9. The first kappa shape index (κ1) is 12.0. The lowest BCUT2D eigenvalue weighted by Gasteiger charge is -2.56. The normalized spacial score (nSPS) is 57.4. The molecule has 3 rings (SSSR count). The van der Waals surface area contributed by atoms with E-state index in [2.05, 4.69) is 43.3 Å². The number of hydrogen-bond donors (Lipinski definition) is 0. The Balaban J connectivity index is 2.19. The predicted octanol–water partition coefficient (Wildman–Crippen LogP) is 3.97. The van der Waals surface area contributed by atoms with Crippen molar-refractivity contribution in [1.82, 2.24) is 0 Å². The van der Waals surface area contributed by atoms with Crippen molar-refractivity contribution in [2.75, 3.05) is 0 Å². The molecule has 3 fully saturated rings. The smallest absolute Gasteiger partial charge is 0.150 e. The van der Waals surface area contributed by atoms with Crippen LogP contribution in [-0.4, -0.2) is 10.6 Å². The van der Waals surface area contributed by atoms with Gasteiger partial charge in [-0.3, -0.25) is 4.79 Å². The minimum absolute atomic E-state index is 0.0419. The van der Waals surface area contributed by atoms with E-state index >= 15 is 0 Å². The first-order valence-electron chi connectivity index (χ1n) is 6.73. The zero-order valence-corrected chi connectivity index (χ0v) is 12.5. The molecule has 3 saturated carbocycles. The maximum absolute atomic E-state index is 12.5. The molecule has 0 aromatic carbocycles. The summed E-state index contributed by atoms with van der Waals surface area (Å²) in [5.41, 5.74) is 1.78. The van der Waals surface area contributed by atoms with Crippen LogP contribution in [0.2, 0.25) is 0 Å². The van der Waals surface area contributed by atoms with Crippen LogP contribution in [0.25, 0.3) is 0 Å². The third kappa shape index (κ3) is 1.06. The first-order chi connectivity index (χ1) is 7.86. The highest BCUT2D eigenvalue weighted by molar-refractivity contribution is 9.10. The van der Waals surface area contributed by atoms with E-state index in [4.69, 9.17) is 0 Å². The lowest BCUT2D eigenvalue weighted by Crippen LogP contribution is -2.57.